The van der Waals surface area contributed by atoms with Crippen molar-refractivity contribution in [1.29, 1.82) is 0 Å². The first-order valence-corrected chi connectivity index (χ1v) is 7.71. The van der Waals surface area contributed by atoms with Crippen LogP contribution in [0.3, 0.4) is 0 Å². The van der Waals surface area contributed by atoms with Gasteiger partial charge in [-0.3, -0.25) is 4.90 Å². The predicted molar refractivity (Wildman–Crippen MR) is 80.4 cm³/mol. The summed E-state index contributed by atoms with van der Waals surface area (Å²) < 4.78 is 14.0. The summed E-state index contributed by atoms with van der Waals surface area (Å²) in [4.78, 5) is 2.43. The Bertz CT molecular complexity index is 436. The number of likely N-dealkylation sites (tertiary alicyclic amines) is 1. The standard InChI is InChI=1S/C15H22BrFN2/c1-10(2)11-5-6-19(9-11)15(8-18)13-4-3-12(17)7-14(13)16/h3-4,7,10-11,15H,5-6,8-9,18H2,1-2H3. The van der Waals surface area contributed by atoms with Crippen molar-refractivity contribution in [2.75, 3.05) is 19.6 Å². The number of nitrogens with two attached hydrogens (primary N) is 1. The molecule has 1 heterocycles. The Morgan fingerprint density at radius 2 is 2.21 bits per heavy atom. The number of hydrogen-bond acceptors (Lipinski definition) is 2. The molecule has 2 nitrogen and oxygen atoms in total. The Kier molecular flexibility index (Phi) is 4.98. The molecule has 0 amide bonds. The molecule has 1 aromatic carbocycles. The molecule has 106 valence electrons. The first-order valence-electron chi connectivity index (χ1n) is 6.92. The second-order valence-electron chi connectivity index (χ2n) is 5.71. The number of rotatable bonds is 4. The monoisotopic (exact) mass is 328 g/mol. The van der Waals surface area contributed by atoms with E-state index in [-0.39, 0.29) is 11.9 Å². The Morgan fingerprint density at radius 3 is 2.74 bits per heavy atom. The first kappa shape index (κ1) is 14.9. The topological polar surface area (TPSA) is 29.3 Å². The average Bonchev–Trinajstić information content (AvgIpc) is 2.82. The number of nitrogens with zero attached hydrogens (tertiary/aromatic N) is 1. The van der Waals surface area contributed by atoms with E-state index in [4.69, 9.17) is 5.73 Å². The van der Waals surface area contributed by atoms with Gasteiger partial charge < -0.3 is 5.73 Å². The van der Waals surface area contributed by atoms with E-state index in [9.17, 15) is 4.39 Å². The third-order valence-corrected chi connectivity index (χ3v) is 4.87. The molecule has 1 aliphatic heterocycles. The van der Waals surface area contributed by atoms with Crippen molar-refractivity contribution in [3.63, 3.8) is 0 Å². The zero-order valence-electron chi connectivity index (χ0n) is 11.6. The number of benzene rings is 1. The second kappa shape index (κ2) is 6.33. The van der Waals surface area contributed by atoms with Crippen molar-refractivity contribution >= 4 is 15.9 Å². The summed E-state index contributed by atoms with van der Waals surface area (Å²) >= 11 is 3.46. The van der Waals surface area contributed by atoms with Crippen LogP contribution < -0.4 is 5.73 Å². The van der Waals surface area contributed by atoms with Crippen LogP contribution in [-0.2, 0) is 0 Å². The highest BCUT2D eigenvalue weighted by molar-refractivity contribution is 9.10. The normalized spacial score (nSPS) is 22.1. The molecule has 0 radical (unpaired) electrons. The lowest BCUT2D eigenvalue weighted by atomic mass is 9.95. The second-order valence-corrected chi connectivity index (χ2v) is 6.56. The molecule has 2 atom stereocenters. The minimum atomic E-state index is -0.215. The fraction of sp³-hybridized carbons (Fsp3) is 0.600. The fourth-order valence-electron chi connectivity index (χ4n) is 2.89. The van der Waals surface area contributed by atoms with Gasteiger partial charge >= 0.3 is 0 Å². The Hall–Kier alpha value is -0.450. The summed E-state index contributed by atoms with van der Waals surface area (Å²) in [6.07, 6.45) is 1.23. The van der Waals surface area contributed by atoms with Crippen molar-refractivity contribution in [1.82, 2.24) is 4.90 Å². The molecule has 0 spiro atoms. The van der Waals surface area contributed by atoms with Gasteiger partial charge in [-0.25, -0.2) is 4.39 Å². The lowest BCUT2D eigenvalue weighted by Crippen LogP contribution is -2.32. The molecule has 1 fully saturated rings. The fourth-order valence-corrected chi connectivity index (χ4v) is 3.50. The Balaban J connectivity index is 2.16. The van der Waals surface area contributed by atoms with Crippen LogP contribution in [-0.4, -0.2) is 24.5 Å². The van der Waals surface area contributed by atoms with E-state index < -0.39 is 0 Å². The molecule has 0 aliphatic carbocycles. The van der Waals surface area contributed by atoms with Crippen LogP contribution >= 0.6 is 15.9 Å². The van der Waals surface area contributed by atoms with E-state index in [0.29, 0.717) is 12.5 Å². The molecular weight excluding hydrogens is 307 g/mol. The largest absolute Gasteiger partial charge is 0.329 e. The van der Waals surface area contributed by atoms with Crippen LogP contribution in [0.15, 0.2) is 22.7 Å². The van der Waals surface area contributed by atoms with Gasteiger partial charge in [0.25, 0.3) is 0 Å². The number of halogens is 2. The van der Waals surface area contributed by atoms with Crippen LogP contribution in [0, 0.1) is 17.7 Å². The average molecular weight is 329 g/mol. The predicted octanol–water partition coefficient (Wildman–Crippen LogP) is 3.57. The highest BCUT2D eigenvalue weighted by Crippen LogP contribution is 2.33. The molecule has 1 aliphatic rings. The van der Waals surface area contributed by atoms with Gasteiger partial charge in [0.15, 0.2) is 0 Å². The van der Waals surface area contributed by atoms with Crippen LogP contribution in [0.25, 0.3) is 0 Å². The molecular formula is C15H22BrFN2. The van der Waals surface area contributed by atoms with Crippen LogP contribution in [0.5, 0.6) is 0 Å². The van der Waals surface area contributed by atoms with Gasteiger partial charge in [-0.2, -0.15) is 0 Å². The maximum atomic E-state index is 13.2. The summed E-state index contributed by atoms with van der Waals surface area (Å²) in [6, 6.07) is 5.06. The maximum Gasteiger partial charge on any atom is 0.124 e. The van der Waals surface area contributed by atoms with E-state index in [2.05, 4.69) is 34.7 Å². The van der Waals surface area contributed by atoms with Gasteiger partial charge in [-0.15, -0.1) is 0 Å². The minimum Gasteiger partial charge on any atom is -0.329 e. The molecule has 2 unspecified atom stereocenters. The first-order chi connectivity index (χ1) is 9.02. The molecule has 4 heteroatoms. The smallest absolute Gasteiger partial charge is 0.124 e. The van der Waals surface area contributed by atoms with E-state index in [0.717, 1.165) is 29.0 Å². The highest BCUT2D eigenvalue weighted by atomic mass is 79.9. The Labute approximate surface area is 123 Å². The molecule has 0 aromatic heterocycles. The van der Waals surface area contributed by atoms with Crippen molar-refractivity contribution in [2.24, 2.45) is 17.6 Å². The van der Waals surface area contributed by atoms with E-state index in [1.54, 1.807) is 0 Å². The summed E-state index contributed by atoms with van der Waals surface area (Å²) in [7, 11) is 0. The van der Waals surface area contributed by atoms with Crippen molar-refractivity contribution < 1.29 is 4.39 Å². The molecule has 1 saturated heterocycles. The van der Waals surface area contributed by atoms with Crippen molar-refractivity contribution in [3.05, 3.63) is 34.1 Å². The van der Waals surface area contributed by atoms with Gasteiger partial charge in [0.05, 0.1) is 0 Å². The van der Waals surface area contributed by atoms with Crippen molar-refractivity contribution in [3.8, 4) is 0 Å². The minimum absolute atomic E-state index is 0.179. The summed E-state index contributed by atoms with van der Waals surface area (Å²) in [5.41, 5.74) is 7.05. The summed E-state index contributed by atoms with van der Waals surface area (Å²) in [5, 5.41) is 0. The van der Waals surface area contributed by atoms with Crippen LogP contribution in [0.2, 0.25) is 0 Å². The third-order valence-electron chi connectivity index (χ3n) is 4.18. The molecule has 2 N–H and O–H groups in total. The van der Waals surface area contributed by atoms with E-state index in [1.165, 1.54) is 18.6 Å². The lowest BCUT2D eigenvalue weighted by molar-refractivity contribution is 0.231. The molecule has 0 saturated carbocycles. The molecule has 2 rings (SSSR count). The number of hydrogen-bond donors (Lipinski definition) is 1. The van der Waals surface area contributed by atoms with E-state index in [1.807, 2.05) is 6.07 Å². The van der Waals surface area contributed by atoms with Gasteiger partial charge in [-0.1, -0.05) is 35.8 Å². The summed E-state index contributed by atoms with van der Waals surface area (Å²) in [5.74, 6) is 1.24. The highest BCUT2D eigenvalue weighted by Gasteiger charge is 2.30. The van der Waals surface area contributed by atoms with Crippen LogP contribution in [0.1, 0.15) is 31.9 Å². The Morgan fingerprint density at radius 1 is 1.47 bits per heavy atom. The SMILES string of the molecule is CC(C)C1CCN(C(CN)c2ccc(F)cc2Br)C1. The third kappa shape index (κ3) is 3.36. The van der Waals surface area contributed by atoms with Gasteiger partial charge in [-0.05, 0) is 42.5 Å². The van der Waals surface area contributed by atoms with Gasteiger partial charge in [0.2, 0.25) is 0 Å². The molecule has 19 heavy (non-hydrogen) atoms. The van der Waals surface area contributed by atoms with Crippen LogP contribution in [0.4, 0.5) is 4.39 Å². The van der Waals surface area contributed by atoms with Crippen molar-refractivity contribution in [2.45, 2.75) is 26.3 Å². The molecule has 0 bridgehead atoms. The molecule has 1 aromatic rings. The maximum absolute atomic E-state index is 13.2. The quantitative estimate of drug-likeness (QED) is 0.915. The zero-order valence-corrected chi connectivity index (χ0v) is 13.2. The summed E-state index contributed by atoms with van der Waals surface area (Å²) in [6.45, 7) is 7.28. The van der Waals surface area contributed by atoms with Gasteiger partial charge in [0.1, 0.15) is 5.82 Å². The zero-order chi connectivity index (χ0) is 14.0. The van der Waals surface area contributed by atoms with E-state index >= 15 is 0 Å². The van der Waals surface area contributed by atoms with Gasteiger partial charge in [0, 0.05) is 23.6 Å². The lowest BCUT2D eigenvalue weighted by Gasteiger charge is -2.28.